The van der Waals surface area contributed by atoms with Gasteiger partial charge in [-0.25, -0.2) is 15.0 Å². The van der Waals surface area contributed by atoms with Crippen LogP contribution in [0.15, 0.2) is 47.3 Å². The average Bonchev–Trinajstić information content (AvgIpc) is 3.45. The van der Waals surface area contributed by atoms with Crippen molar-refractivity contribution < 1.29 is 18.9 Å². The maximum absolute atomic E-state index is 6.40. The van der Waals surface area contributed by atoms with Gasteiger partial charge in [0, 0.05) is 17.6 Å². The topological polar surface area (TPSA) is 133 Å². The molecule has 176 valence electrons. The molecule has 2 aliphatic rings. The SMILES string of the molecule is CC1(C)O[C@@H]2[C@@H](COc3ccc4cc(Br)c(N)nc4c3)OC(n3ccc4c(N)ncnc43)[C@@H]2O1. The molecule has 3 aromatic heterocycles. The fraction of sp³-hybridized carbons (Fsp3) is 0.348. The van der Waals surface area contributed by atoms with Crippen LogP contribution < -0.4 is 16.2 Å². The van der Waals surface area contributed by atoms with E-state index in [-0.39, 0.29) is 24.9 Å². The van der Waals surface area contributed by atoms with Gasteiger partial charge in [0.25, 0.3) is 0 Å². The van der Waals surface area contributed by atoms with E-state index in [1.54, 1.807) is 0 Å². The van der Waals surface area contributed by atoms with Crippen LogP contribution in [0.25, 0.3) is 21.9 Å². The second-order valence-electron chi connectivity index (χ2n) is 8.87. The number of hydrogen-bond donors (Lipinski definition) is 2. The molecule has 10 nitrogen and oxygen atoms in total. The van der Waals surface area contributed by atoms with E-state index in [9.17, 15) is 0 Å². The zero-order valence-corrected chi connectivity index (χ0v) is 20.1. The number of hydrogen-bond acceptors (Lipinski definition) is 9. The molecule has 5 heterocycles. The van der Waals surface area contributed by atoms with Gasteiger partial charge in [-0.3, -0.25) is 0 Å². The molecular weight excluding hydrogens is 504 g/mol. The van der Waals surface area contributed by atoms with Crippen molar-refractivity contribution in [3.63, 3.8) is 0 Å². The molecule has 2 fully saturated rings. The lowest BCUT2D eigenvalue weighted by atomic mass is 10.1. The molecule has 4 atom stereocenters. The number of nitrogens with two attached hydrogens (primary N) is 2. The second-order valence-corrected chi connectivity index (χ2v) is 9.72. The summed E-state index contributed by atoms with van der Waals surface area (Å²) in [5.74, 6) is 0.761. The summed E-state index contributed by atoms with van der Waals surface area (Å²) in [6.07, 6.45) is 1.84. The molecule has 0 bridgehead atoms. The van der Waals surface area contributed by atoms with Gasteiger partial charge in [0.2, 0.25) is 0 Å². The van der Waals surface area contributed by atoms with Crippen LogP contribution in [-0.2, 0) is 14.2 Å². The molecule has 1 aromatic carbocycles. The first-order valence-corrected chi connectivity index (χ1v) is 11.6. The van der Waals surface area contributed by atoms with Crippen molar-refractivity contribution in [1.29, 1.82) is 0 Å². The van der Waals surface area contributed by atoms with Gasteiger partial charge in [-0.1, -0.05) is 0 Å². The van der Waals surface area contributed by atoms with Gasteiger partial charge in [-0.15, -0.1) is 0 Å². The van der Waals surface area contributed by atoms with Crippen LogP contribution in [0.1, 0.15) is 20.1 Å². The summed E-state index contributed by atoms with van der Waals surface area (Å²) in [4.78, 5) is 12.9. The van der Waals surface area contributed by atoms with E-state index >= 15 is 0 Å². The van der Waals surface area contributed by atoms with Crippen LogP contribution in [0.3, 0.4) is 0 Å². The Bertz CT molecular complexity index is 1410. The number of nitrogens with zero attached hydrogens (tertiary/aromatic N) is 4. The van der Waals surface area contributed by atoms with Crippen molar-refractivity contribution in [3.8, 4) is 5.75 Å². The predicted molar refractivity (Wildman–Crippen MR) is 129 cm³/mol. The summed E-state index contributed by atoms with van der Waals surface area (Å²) in [6, 6.07) is 9.50. The Balaban J connectivity index is 1.27. The zero-order valence-electron chi connectivity index (χ0n) is 18.5. The minimum absolute atomic E-state index is 0.269. The summed E-state index contributed by atoms with van der Waals surface area (Å²) >= 11 is 3.41. The highest BCUT2D eigenvalue weighted by atomic mass is 79.9. The van der Waals surface area contributed by atoms with Crippen LogP contribution >= 0.6 is 15.9 Å². The minimum Gasteiger partial charge on any atom is -0.491 e. The Kier molecular flexibility index (Phi) is 4.92. The van der Waals surface area contributed by atoms with Crippen LogP contribution in [0.5, 0.6) is 5.75 Å². The van der Waals surface area contributed by atoms with Crippen LogP contribution in [-0.4, -0.2) is 50.2 Å². The van der Waals surface area contributed by atoms with Gasteiger partial charge in [0.15, 0.2) is 12.0 Å². The number of aromatic nitrogens is 4. The molecule has 0 aliphatic carbocycles. The third-order valence-electron chi connectivity index (χ3n) is 6.12. The van der Waals surface area contributed by atoms with E-state index in [2.05, 4.69) is 30.9 Å². The van der Waals surface area contributed by atoms with Crippen molar-refractivity contribution >= 4 is 49.5 Å². The number of nitrogen functional groups attached to an aromatic ring is 2. The normalized spacial score (nSPS) is 25.7. The van der Waals surface area contributed by atoms with E-state index in [4.69, 9.17) is 30.4 Å². The molecular formula is C23H23BrN6O4. The third kappa shape index (κ3) is 3.56. The maximum atomic E-state index is 6.40. The molecule has 6 rings (SSSR count). The number of benzene rings is 1. The number of anilines is 2. The first kappa shape index (κ1) is 21.5. The summed E-state index contributed by atoms with van der Waals surface area (Å²) in [7, 11) is 0. The molecule has 0 spiro atoms. The minimum atomic E-state index is -0.746. The molecule has 2 aliphatic heterocycles. The molecule has 34 heavy (non-hydrogen) atoms. The monoisotopic (exact) mass is 526 g/mol. The number of rotatable bonds is 4. The van der Waals surface area contributed by atoms with Crippen molar-refractivity contribution in [2.75, 3.05) is 18.1 Å². The van der Waals surface area contributed by atoms with E-state index in [0.29, 0.717) is 23.0 Å². The van der Waals surface area contributed by atoms with E-state index in [1.807, 2.05) is 54.9 Å². The first-order valence-electron chi connectivity index (χ1n) is 10.9. The van der Waals surface area contributed by atoms with E-state index < -0.39 is 12.0 Å². The first-order chi connectivity index (χ1) is 16.3. The summed E-state index contributed by atoms with van der Waals surface area (Å²) in [5, 5.41) is 1.72. The smallest absolute Gasteiger partial charge is 0.164 e. The number of pyridine rings is 1. The molecule has 4 aromatic rings. The predicted octanol–water partition coefficient (Wildman–Crippen LogP) is 3.40. The third-order valence-corrected chi connectivity index (χ3v) is 6.76. The summed E-state index contributed by atoms with van der Waals surface area (Å²) < 4.78 is 27.6. The Morgan fingerprint density at radius 2 is 1.91 bits per heavy atom. The molecule has 11 heteroatoms. The molecule has 1 unspecified atom stereocenters. The van der Waals surface area contributed by atoms with Crippen molar-refractivity contribution in [2.24, 2.45) is 0 Å². The highest BCUT2D eigenvalue weighted by molar-refractivity contribution is 9.10. The average molecular weight is 527 g/mol. The summed E-state index contributed by atoms with van der Waals surface area (Å²) in [5.41, 5.74) is 13.4. The van der Waals surface area contributed by atoms with Crippen LogP contribution in [0.4, 0.5) is 11.6 Å². The Morgan fingerprint density at radius 3 is 2.76 bits per heavy atom. The molecule has 0 radical (unpaired) electrons. The molecule has 2 saturated heterocycles. The van der Waals surface area contributed by atoms with Gasteiger partial charge in [-0.05, 0) is 54.0 Å². The van der Waals surface area contributed by atoms with E-state index in [0.717, 1.165) is 20.8 Å². The van der Waals surface area contributed by atoms with Crippen molar-refractivity contribution in [1.82, 2.24) is 19.5 Å². The maximum Gasteiger partial charge on any atom is 0.164 e. The zero-order chi connectivity index (χ0) is 23.6. The Morgan fingerprint density at radius 1 is 1.09 bits per heavy atom. The summed E-state index contributed by atoms with van der Waals surface area (Å²) in [6.45, 7) is 4.06. The quantitative estimate of drug-likeness (QED) is 0.410. The Hall–Kier alpha value is -2.99. The number of halogens is 1. The van der Waals surface area contributed by atoms with Gasteiger partial charge in [0.1, 0.15) is 54.3 Å². The van der Waals surface area contributed by atoms with Gasteiger partial charge in [-0.2, -0.15) is 0 Å². The number of fused-ring (bicyclic) bond motifs is 3. The lowest BCUT2D eigenvalue weighted by molar-refractivity contribution is -0.198. The Labute approximate surface area is 203 Å². The lowest BCUT2D eigenvalue weighted by Gasteiger charge is -2.25. The van der Waals surface area contributed by atoms with Gasteiger partial charge >= 0.3 is 0 Å². The van der Waals surface area contributed by atoms with E-state index in [1.165, 1.54) is 6.33 Å². The highest BCUT2D eigenvalue weighted by Gasteiger charge is 2.56. The molecule has 0 amide bonds. The van der Waals surface area contributed by atoms with Crippen LogP contribution in [0.2, 0.25) is 0 Å². The number of ether oxygens (including phenoxy) is 4. The standard InChI is InChI=1S/C23H23BrN6O4/c1-23(2)33-17-16(9-31-12-4-3-11-7-14(24)20(26)29-15(11)8-12)32-22(18(17)34-23)30-6-5-13-19(25)27-10-28-21(13)30/h3-8,10,16-18,22H,9H2,1-2H3,(H2,26,29)(H2,25,27,28)/t16-,17-,18-,22?/m1/s1. The highest BCUT2D eigenvalue weighted by Crippen LogP contribution is 2.44. The largest absolute Gasteiger partial charge is 0.491 e. The second kappa shape index (κ2) is 7.77. The fourth-order valence-electron chi connectivity index (χ4n) is 4.62. The van der Waals surface area contributed by atoms with Crippen molar-refractivity contribution in [2.45, 2.75) is 44.2 Å². The fourth-order valence-corrected chi connectivity index (χ4v) is 4.95. The van der Waals surface area contributed by atoms with Crippen molar-refractivity contribution in [3.05, 3.63) is 47.3 Å². The van der Waals surface area contributed by atoms with Gasteiger partial charge < -0.3 is 35.0 Å². The van der Waals surface area contributed by atoms with Gasteiger partial charge in [0.05, 0.1) is 15.4 Å². The molecule has 4 N–H and O–H groups in total. The molecule has 0 saturated carbocycles. The van der Waals surface area contributed by atoms with Crippen LogP contribution in [0, 0.1) is 0 Å². The lowest BCUT2D eigenvalue weighted by Crippen LogP contribution is -2.33.